The Labute approximate surface area is 141 Å². The molecule has 0 aliphatic carbocycles. The summed E-state index contributed by atoms with van der Waals surface area (Å²) < 4.78 is 10.6. The number of carbonyl (C=O) groups excluding carboxylic acids is 1. The molecule has 1 saturated heterocycles. The quantitative estimate of drug-likeness (QED) is 0.786. The van der Waals surface area contributed by atoms with Crippen LogP contribution in [0.15, 0.2) is 40.9 Å². The third-order valence-corrected chi connectivity index (χ3v) is 4.05. The van der Waals surface area contributed by atoms with E-state index in [2.05, 4.69) is 27.5 Å². The summed E-state index contributed by atoms with van der Waals surface area (Å²) in [5.74, 6) is 0.534. The van der Waals surface area contributed by atoms with Gasteiger partial charge >= 0.3 is 0 Å². The second kappa shape index (κ2) is 8.61. The largest absolute Gasteiger partial charge is 0.379 e. The molecule has 128 valence electrons. The number of hydrogen-bond donors (Lipinski definition) is 1. The Bertz CT molecular complexity index is 636. The van der Waals surface area contributed by atoms with Crippen LogP contribution in [0.4, 0.5) is 0 Å². The third kappa shape index (κ3) is 4.91. The van der Waals surface area contributed by atoms with Crippen molar-refractivity contribution >= 4 is 5.91 Å². The van der Waals surface area contributed by atoms with Crippen molar-refractivity contribution in [2.45, 2.75) is 19.4 Å². The van der Waals surface area contributed by atoms with E-state index in [9.17, 15) is 4.79 Å². The number of ether oxygens (including phenoxy) is 1. The topological polar surface area (TPSA) is 67.6 Å². The summed E-state index contributed by atoms with van der Waals surface area (Å²) in [4.78, 5) is 14.3. The monoisotopic (exact) mass is 329 g/mol. The molecule has 0 spiro atoms. The van der Waals surface area contributed by atoms with E-state index in [0.717, 1.165) is 39.1 Å². The molecule has 6 nitrogen and oxygen atoms in total. The molecule has 1 N–H and O–H groups in total. The zero-order valence-corrected chi connectivity index (χ0v) is 13.7. The van der Waals surface area contributed by atoms with E-state index < -0.39 is 0 Å². The summed E-state index contributed by atoms with van der Waals surface area (Å²) in [5, 5.41) is 6.76. The summed E-state index contributed by atoms with van der Waals surface area (Å²) in [6, 6.07) is 12.0. The van der Waals surface area contributed by atoms with Crippen molar-refractivity contribution in [2.75, 3.05) is 32.8 Å². The normalized spacial score (nSPS) is 15.3. The fraction of sp³-hybridized carbons (Fsp3) is 0.444. The Morgan fingerprint density at radius 3 is 2.79 bits per heavy atom. The Hall–Kier alpha value is -2.18. The van der Waals surface area contributed by atoms with E-state index in [1.54, 1.807) is 6.07 Å². The zero-order valence-electron chi connectivity index (χ0n) is 13.7. The highest BCUT2D eigenvalue weighted by Gasteiger charge is 2.16. The zero-order chi connectivity index (χ0) is 16.6. The van der Waals surface area contributed by atoms with E-state index in [1.807, 2.05) is 18.2 Å². The van der Waals surface area contributed by atoms with E-state index >= 15 is 0 Å². The van der Waals surface area contributed by atoms with Gasteiger partial charge in [0.25, 0.3) is 5.91 Å². The van der Waals surface area contributed by atoms with Crippen molar-refractivity contribution in [3.05, 3.63) is 53.4 Å². The van der Waals surface area contributed by atoms with Crippen LogP contribution in [0.1, 0.15) is 28.2 Å². The molecule has 1 aromatic carbocycles. The predicted molar refractivity (Wildman–Crippen MR) is 89.7 cm³/mol. The van der Waals surface area contributed by atoms with Gasteiger partial charge in [-0.1, -0.05) is 35.5 Å². The van der Waals surface area contributed by atoms with Crippen LogP contribution in [0, 0.1) is 0 Å². The van der Waals surface area contributed by atoms with Crippen LogP contribution in [0.5, 0.6) is 0 Å². The molecule has 0 saturated carbocycles. The predicted octanol–water partition coefficient (Wildman–Crippen LogP) is 1.87. The third-order valence-electron chi connectivity index (χ3n) is 4.05. The Balaban J connectivity index is 1.40. The molecule has 24 heavy (non-hydrogen) atoms. The molecule has 0 atom stereocenters. The van der Waals surface area contributed by atoms with Crippen LogP contribution in [0.2, 0.25) is 0 Å². The number of nitrogens with zero attached hydrogens (tertiary/aromatic N) is 2. The maximum atomic E-state index is 12.1. The number of amides is 1. The molecule has 1 aliphatic heterocycles. The number of carbonyl (C=O) groups is 1. The van der Waals surface area contributed by atoms with Gasteiger partial charge in [-0.05, 0) is 18.4 Å². The Kier molecular flexibility index (Phi) is 5.98. The minimum Gasteiger partial charge on any atom is -0.379 e. The van der Waals surface area contributed by atoms with E-state index in [0.29, 0.717) is 24.5 Å². The lowest BCUT2D eigenvalue weighted by Crippen LogP contribution is -2.35. The molecule has 2 heterocycles. The van der Waals surface area contributed by atoms with Crippen molar-refractivity contribution in [1.82, 2.24) is 15.4 Å². The van der Waals surface area contributed by atoms with Crippen LogP contribution < -0.4 is 5.32 Å². The Morgan fingerprint density at radius 2 is 2.00 bits per heavy atom. The van der Waals surface area contributed by atoms with Gasteiger partial charge in [0.2, 0.25) is 0 Å². The van der Waals surface area contributed by atoms with Gasteiger partial charge in [0, 0.05) is 25.7 Å². The van der Waals surface area contributed by atoms with Crippen LogP contribution >= 0.6 is 0 Å². The lowest BCUT2D eigenvalue weighted by atomic mass is 10.1. The van der Waals surface area contributed by atoms with Gasteiger partial charge in [0.15, 0.2) is 11.5 Å². The van der Waals surface area contributed by atoms with Crippen molar-refractivity contribution < 1.29 is 14.1 Å². The van der Waals surface area contributed by atoms with Gasteiger partial charge in [0.05, 0.1) is 19.8 Å². The lowest BCUT2D eigenvalue weighted by Gasteiger charge is -2.25. The maximum absolute atomic E-state index is 12.1. The average Bonchev–Trinajstić information content (AvgIpc) is 3.09. The maximum Gasteiger partial charge on any atom is 0.273 e. The average molecular weight is 329 g/mol. The van der Waals surface area contributed by atoms with Gasteiger partial charge in [-0.3, -0.25) is 9.69 Å². The Morgan fingerprint density at radius 1 is 1.21 bits per heavy atom. The van der Waals surface area contributed by atoms with Crippen molar-refractivity contribution in [2.24, 2.45) is 0 Å². The number of aryl methyl sites for hydroxylation is 1. The molecule has 1 amide bonds. The highest BCUT2D eigenvalue weighted by atomic mass is 16.5. The second-order valence-electron chi connectivity index (χ2n) is 5.91. The molecular formula is C18H23N3O3. The highest BCUT2D eigenvalue weighted by molar-refractivity contribution is 5.92. The van der Waals surface area contributed by atoms with Crippen LogP contribution in [0.3, 0.4) is 0 Å². The highest BCUT2D eigenvalue weighted by Crippen LogP contribution is 2.09. The molecule has 2 aromatic rings. The summed E-state index contributed by atoms with van der Waals surface area (Å²) in [6.07, 6.45) is 1.84. The fourth-order valence-electron chi connectivity index (χ4n) is 2.70. The molecule has 1 aromatic heterocycles. The molecular weight excluding hydrogens is 306 g/mol. The molecule has 1 fully saturated rings. The first kappa shape index (κ1) is 16.7. The molecule has 6 heteroatoms. The molecule has 1 aliphatic rings. The lowest BCUT2D eigenvalue weighted by molar-refractivity contribution is 0.0305. The molecule has 0 bridgehead atoms. The smallest absolute Gasteiger partial charge is 0.273 e. The number of benzene rings is 1. The first-order chi connectivity index (χ1) is 11.8. The molecule has 3 rings (SSSR count). The summed E-state index contributed by atoms with van der Waals surface area (Å²) >= 11 is 0. The standard InChI is InChI=1S/C18H23N3O3/c22-18(19-8-4-7-15-5-2-1-3-6-15)17-13-16(24-20-17)14-21-9-11-23-12-10-21/h1-3,5-6,13H,4,7-12,14H2,(H,19,22). The number of nitrogens with one attached hydrogen (secondary N) is 1. The first-order valence-corrected chi connectivity index (χ1v) is 8.39. The minimum absolute atomic E-state index is 0.181. The fourth-order valence-corrected chi connectivity index (χ4v) is 2.70. The van der Waals surface area contributed by atoms with Crippen LogP contribution in [-0.4, -0.2) is 48.8 Å². The molecule has 0 unspecified atom stereocenters. The molecule has 0 radical (unpaired) electrons. The van der Waals surface area contributed by atoms with Gasteiger partial charge < -0.3 is 14.6 Å². The minimum atomic E-state index is -0.181. The summed E-state index contributed by atoms with van der Waals surface area (Å²) in [6.45, 7) is 4.52. The number of morpholine rings is 1. The summed E-state index contributed by atoms with van der Waals surface area (Å²) in [5.41, 5.74) is 1.62. The van der Waals surface area contributed by atoms with Gasteiger partial charge in [0.1, 0.15) is 0 Å². The van der Waals surface area contributed by atoms with Crippen LogP contribution in [-0.2, 0) is 17.7 Å². The van der Waals surface area contributed by atoms with E-state index in [1.165, 1.54) is 5.56 Å². The van der Waals surface area contributed by atoms with Crippen LogP contribution in [0.25, 0.3) is 0 Å². The first-order valence-electron chi connectivity index (χ1n) is 8.39. The second-order valence-corrected chi connectivity index (χ2v) is 5.91. The number of rotatable bonds is 7. The van der Waals surface area contributed by atoms with Crippen molar-refractivity contribution in [3.8, 4) is 0 Å². The van der Waals surface area contributed by atoms with Gasteiger partial charge in [-0.25, -0.2) is 0 Å². The number of hydrogen-bond acceptors (Lipinski definition) is 5. The summed E-state index contributed by atoms with van der Waals surface area (Å²) in [7, 11) is 0. The van der Waals surface area contributed by atoms with Crippen molar-refractivity contribution in [1.29, 1.82) is 0 Å². The van der Waals surface area contributed by atoms with Gasteiger partial charge in [-0.15, -0.1) is 0 Å². The van der Waals surface area contributed by atoms with E-state index in [4.69, 9.17) is 9.26 Å². The SMILES string of the molecule is O=C(NCCCc1ccccc1)c1cc(CN2CCOCC2)on1. The van der Waals surface area contributed by atoms with Crippen molar-refractivity contribution in [3.63, 3.8) is 0 Å². The van der Waals surface area contributed by atoms with E-state index in [-0.39, 0.29) is 5.91 Å². The number of aromatic nitrogens is 1. The van der Waals surface area contributed by atoms with Gasteiger partial charge in [-0.2, -0.15) is 0 Å².